The summed E-state index contributed by atoms with van der Waals surface area (Å²) in [6.07, 6.45) is 0. The number of anilines is 8. The van der Waals surface area contributed by atoms with Gasteiger partial charge in [0.05, 0.1) is 0 Å². The molecule has 0 atom stereocenters. The Morgan fingerprint density at radius 3 is 0.721 bits per heavy atom. The summed E-state index contributed by atoms with van der Waals surface area (Å²) < 4.78 is 0. The minimum Gasteiger partial charge on any atom is -0.345 e. The molecule has 4 aliphatic carbocycles. The molecule has 0 spiro atoms. The monoisotopic (exact) mass is 1800 g/mol. The third kappa shape index (κ3) is 17.1. The van der Waals surface area contributed by atoms with Crippen molar-refractivity contribution in [1.82, 2.24) is 0 Å². The van der Waals surface area contributed by atoms with E-state index < -0.39 is 0 Å². The minimum atomic E-state index is -0.0154. The molecule has 0 amide bonds. The van der Waals surface area contributed by atoms with E-state index in [1.54, 1.807) is 0 Å². The van der Waals surface area contributed by atoms with Gasteiger partial charge in [0.15, 0.2) is 0 Å². The van der Waals surface area contributed by atoms with Gasteiger partial charge in [0.25, 0.3) is 0 Å². The zero-order chi connectivity index (χ0) is 96.0. The Bertz CT molecular complexity index is 7840. The van der Waals surface area contributed by atoms with Crippen molar-refractivity contribution in [3.05, 3.63) is 530 Å². The Morgan fingerprint density at radius 2 is 0.343 bits per heavy atom. The van der Waals surface area contributed by atoms with Crippen LogP contribution in [0.25, 0.3) is 134 Å². The molecule has 0 N–H and O–H groups in total. The molecule has 4 heteroatoms. The number of hydrogen-bond acceptors (Lipinski definition) is 4. The van der Waals surface area contributed by atoms with Gasteiger partial charge in [-0.05, 0) is 287 Å². The highest BCUT2D eigenvalue weighted by atomic mass is 15.1. The first-order chi connectivity index (χ1) is 68.1. The van der Waals surface area contributed by atoms with Gasteiger partial charge in [0.2, 0.25) is 0 Å². The zero-order valence-corrected chi connectivity index (χ0v) is 82.0. The molecule has 0 fully saturated rings. The van der Waals surface area contributed by atoms with Crippen molar-refractivity contribution in [1.29, 1.82) is 0 Å². The third-order valence-electron chi connectivity index (χ3n) is 30.1. The first kappa shape index (κ1) is 90.1. The Kier molecular flexibility index (Phi) is 24.2. The van der Waals surface area contributed by atoms with Crippen molar-refractivity contribution in [3.8, 4) is 134 Å². The van der Waals surface area contributed by atoms with Gasteiger partial charge in [0.1, 0.15) is 0 Å². The van der Waals surface area contributed by atoms with E-state index in [9.17, 15) is 0 Å². The van der Waals surface area contributed by atoms with Crippen LogP contribution >= 0.6 is 0 Å². The molecule has 20 aromatic rings. The standard InChI is InChI=1S/4C34H29N/c1-34(2)32-15-8-7-12-30(32)31-14-9-13-29(33(31)34)26-18-22-28(23-19-26)35(3)27-20-16-25(17-21-27)24-10-5-4-6-11-24;1-34(2)31-14-8-7-12-30(31)33-29(13-9-15-32(33)34)26-18-22-28(23-19-26)35(3)27-20-16-25(17-21-27)24-10-5-4-6-11-24;1-34(2)32-12-8-7-11-30(32)31-23-27(17-22-33(31)34)26-15-20-29(21-16-26)35(3)28-18-13-25(14-19-28)24-9-5-4-6-10-24;1-34(2)32-12-8-7-11-30(32)31-22-17-27(23-33(31)34)26-15-20-29(21-16-26)35(3)28-18-13-25(14-19-28)24-9-5-4-6-10-24/h4*4-23H,1-3H3. The summed E-state index contributed by atoms with van der Waals surface area (Å²) in [5.74, 6) is 0. The fourth-order valence-corrected chi connectivity index (χ4v) is 22.0. The molecule has 0 aromatic heterocycles. The SMILES string of the molecule is CN(c1ccc(-c2ccccc2)cc1)c1ccc(-c2ccc3c(c2)-c2ccccc2C3(C)C)cc1.CN(c1ccc(-c2ccccc2)cc1)c1ccc(-c2ccc3c(c2)C(C)(C)c2ccccc2-3)cc1.CN(c1ccc(-c2ccccc2)cc1)c1ccc(-c2cccc3c2-c2ccccc2C3(C)C)cc1.CN(c1ccc(-c2ccccc2)cc1)c1ccc(-c2cccc3c2C(C)(C)c2ccccc2-3)cc1. The average Bonchev–Trinajstić information content (AvgIpc) is 1.57. The molecule has 0 radical (unpaired) electrons. The predicted molar refractivity (Wildman–Crippen MR) is 598 cm³/mol. The highest BCUT2D eigenvalue weighted by Gasteiger charge is 2.41. The molecule has 0 heterocycles. The normalized spacial score (nSPS) is 13.2. The molecule has 0 aliphatic heterocycles. The zero-order valence-electron chi connectivity index (χ0n) is 82.0. The van der Waals surface area contributed by atoms with Crippen LogP contribution in [0.1, 0.15) is 99.9 Å². The van der Waals surface area contributed by atoms with E-state index in [1.807, 2.05) is 0 Å². The Hall–Kier alpha value is -16.4. The highest BCUT2D eigenvalue weighted by Crippen LogP contribution is 2.56. The molecular formula is C136H116N4. The van der Waals surface area contributed by atoms with Crippen LogP contribution < -0.4 is 19.6 Å². The van der Waals surface area contributed by atoms with Gasteiger partial charge in [-0.3, -0.25) is 0 Å². The molecule has 680 valence electrons. The average molecular weight is 1810 g/mol. The van der Waals surface area contributed by atoms with Gasteiger partial charge < -0.3 is 19.6 Å². The lowest BCUT2D eigenvalue weighted by Gasteiger charge is -2.25. The summed E-state index contributed by atoms with van der Waals surface area (Å²) in [7, 11) is 8.51. The topological polar surface area (TPSA) is 13.0 Å². The van der Waals surface area contributed by atoms with Crippen molar-refractivity contribution in [2.24, 2.45) is 0 Å². The van der Waals surface area contributed by atoms with E-state index in [1.165, 1.54) is 224 Å². The maximum Gasteiger partial charge on any atom is 0.0408 e. The van der Waals surface area contributed by atoms with E-state index >= 15 is 0 Å². The maximum absolute atomic E-state index is 2.39. The van der Waals surface area contributed by atoms with Crippen LogP contribution in [0.3, 0.4) is 0 Å². The second-order valence-electron chi connectivity index (χ2n) is 39.7. The Labute approximate surface area is 827 Å². The largest absolute Gasteiger partial charge is 0.345 e. The van der Waals surface area contributed by atoms with Crippen LogP contribution in [0.5, 0.6) is 0 Å². The summed E-state index contributed by atoms with van der Waals surface area (Å²) in [6.45, 7) is 18.7. The Morgan fingerprint density at radius 1 is 0.129 bits per heavy atom. The lowest BCUT2D eigenvalue weighted by Crippen LogP contribution is -2.16. The van der Waals surface area contributed by atoms with E-state index in [2.05, 4.69) is 588 Å². The van der Waals surface area contributed by atoms with E-state index in [4.69, 9.17) is 0 Å². The molecule has 140 heavy (non-hydrogen) atoms. The first-order valence-corrected chi connectivity index (χ1v) is 49.1. The van der Waals surface area contributed by atoms with Gasteiger partial charge >= 0.3 is 0 Å². The quantitative estimate of drug-likeness (QED) is 0.0956. The van der Waals surface area contributed by atoms with Gasteiger partial charge in [-0.1, -0.05) is 432 Å². The highest BCUT2D eigenvalue weighted by molar-refractivity contribution is 5.95. The number of hydrogen-bond donors (Lipinski definition) is 0. The van der Waals surface area contributed by atoms with Gasteiger partial charge in [-0.15, -0.1) is 0 Å². The van der Waals surface area contributed by atoms with Crippen LogP contribution in [0.15, 0.2) is 485 Å². The fourth-order valence-electron chi connectivity index (χ4n) is 22.0. The molecule has 0 unspecified atom stereocenters. The third-order valence-corrected chi connectivity index (χ3v) is 30.1. The van der Waals surface area contributed by atoms with Gasteiger partial charge in [0, 0.05) is 95.3 Å². The van der Waals surface area contributed by atoms with E-state index in [0.29, 0.717) is 0 Å². The van der Waals surface area contributed by atoms with Crippen LogP contribution in [0, 0.1) is 0 Å². The number of rotatable bonds is 16. The lowest BCUT2D eigenvalue weighted by atomic mass is 9.79. The maximum atomic E-state index is 2.39. The van der Waals surface area contributed by atoms with Crippen LogP contribution in [-0.2, 0) is 21.7 Å². The van der Waals surface area contributed by atoms with Crippen LogP contribution in [0.4, 0.5) is 45.5 Å². The molecule has 0 bridgehead atoms. The van der Waals surface area contributed by atoms with Gasteiger partial charge in [-0.25, -0.2) is 0 Å². The Balaban J connectivity index is 0.000000111. The van der Waals surface area contributed by atoms with Crippen molar-refractivity contribution in [2.45, 2.75) is 77.0 Å². The molecule has 4 nitrogen and oxygen atoms in total. The smallest absolute Gasteiger partial charge is 0.0408 e. The molecular weight excluding hydrogens is 1690 g/mol. The molecule has 0 saturated carbocycles. The van der Waals surface area contributed by atoms with Crippen molar-refractivity contribution in [3.63, 3.8) is 0 Å². The minimum absolute atomic E-state index is 0.0154. The molecule has 20 aromatic carbocycles. The number of benzene rings is 20. The number of fused-ring (bicyclic) bond motifs is 12. The molecule has 0 saturated heterocycles. The lowest BCUT2D eigenvalue weighted by molar-refractivity contribution is 0.660. The summed E-state index contributed by atoms with van der Waals surface area (Å²) in [6, 6.07) is 176. The van der Waals surface area contributed by atoms with Gasteiger partial charge in [-0.2, -0.15) is 0 Å². The summed E-state index contributed by atoms with van der Waals surface area (Å²) in [5.41, 5.74) is 51.8. The van der Waals surface area contributed by atoms with Crippen molar-refractivity contribution in [2.75, 3.05) is 47.8 Å². The van der Waals surface area contributed by atoms with Crippen LogP contribution in [0.2, 0.25) is 0 Å². The van der Waals surface area contributed by atoms with E-state index in [0.717, 1.165) is 0 Å². The fraction of sp³-hybridized carbons (Fsp3) is 0.118. The van der Waals surface area contributed by atoms with Crippen molar-refractivity contribution < 1.29 is 0 Å². The van der Waals surface area contributed by atoms with Crippen LogP contribution in [-0.4, -0.2) is 28.2 Å². The summed E-state index contributed by atoms with van der Waals surface area (Å²) in [5, 5.41) is 0. The second-order valence-corrected chi connectivity index (χ2v) is 39.7. The van der Waals surface area contributed by atoms with Crippen molar-refractivity contribution >= 4 is 45.5 Å². The second kappa shape index (κ2) is 37.6. The first-order valence-electron chi connectivity index (χ1n) is 49.1. The summed E-state index contributed by atoms with van der Waals surface area (Å²) >= 11 is 0. The molecule has 24 rings (SSSR count). The molecule has 4 aliphatic rings. The number of nitrogens with zero attached hydrogens (tertiary/aromatic N) is 4. The van der Waals surface area contributed by atoms with E-state index in [-0.39, 0.29) is 21.7 Å². The predicted octanol–water partition coefficient (Wildman–Crippen LogP) is 36.4. The summed E-state index contributed by atoms with van der Waals surface area (Å²) in [4.78, 5) is 8.96.